The van der Waals surface area contributed by atoms with E-state index in [9.17, 15) is 0 Å². The van der Waals surface area contributed by atoms with Gasteiger partial charge in [0.2, 0.25) is 0 Å². The fourth-order valence-corrected chi connectivity index (χ4v) is 3.10. The molecule has 0 atom stereocenters. The quantitative estimate of drug-likeness (QED) is 0.567. The predicted octanol–water partition coefficient (Wildman–Crippen LogP) is 5.68. The van der Waals surface area contributed by atoms with Gasteiger partial charge in [0.05, 0.1) is 10.4 Å². The molecule has 1 heterocycles. The number of hydrogen-bond acceptors (Lipinski definition) is 3. The molecule has 0 aliphatic heterocycles. The van der Waals surface area contributed by atoms with Gasteiger partial charge >= 0.3 is 0 Å². The van der Waals surface area contributed by atoms with Crippen LogP contribution in [0.15, 0.2) is 51.9 Å². The van der Waals surface area contributed by atoms with Crippen LogP contribution in [0.4, 0.5) is 5.69 Å². The second-order valence-corrected chi connectivity index (χ2v) is 7.40. The molecule has 0 spiro atoms. The molecule has 21 heavy (non-hydrogen) atoms. The number of nitrogens with zero attached hydrogens (tertiary/aromatic N) is 1. The first-order chi connectivity index (χ1) is 9.91. The molecule has 2 aromatic carbocycles. The summed E-state index contributed by atoms with van der Waals surface area (Å²) in [6.45, 7) is 6.61. The summed E-state index contributed by atoms with van der Waals surface area (Å²) in [4.78, 5) is 5.14. The van der Waals surface area contributed by atoms with Crippen LogP contribution in [0.5, 0.6) is 0 Å². The van der Waals surface area contributed by atoms with E-state index in [0.29, 0.717) is 9.89 Å². The standard InChI is InChI=1S/C17H16ClNOS/c1-17(2,3)11-7-8-14-15(9-11)21-16(20-14)19-13-6-4-5-12(18)10-13/h4-10H,1-3H3. The van der Waals surface area contributed by atoms with Crippen LogP contribution in [0, 0.1) is 0 Å². The minimum Gasteiger partial charge on any atom is -0.429 e. The monoisotopic (exact) mass is 317 g/mol. The van der Waals surface area contributed by atoms with Crippen LogP contribution in [0.1, 0.15) is 26.3 Å². The Morgan fingerprint density at radius 3 is 2.62 bits per heavy atom. The SMILES string of the molecule is CC(C)(C)c1ccc2oc(=Nc3cccc(Cl)c3)sc2c1. The summed E-state index contributed by atoms with van der Waals surface area (Å²) in [7, 11) is 0. The predicted molar refractivity (Wildman–Crippen MR) is 89.5 cm³/mol. The van der Waals surface area contributed by atoms with E-state index in [1.54, 1.807) is 11.3 Å². The van der Waals surface area contributed by atoms with Crippen molar-refractivity contribution in [3.05, 3.63) is 57.9 Å². The van der Waals surface area contributed by atoms with E-state index in [1.165, 1.54) is 5.56 Å². The molecule has 0 N–H and O–H groups in total. The highest BCUT2D eigenvalue weighted by atomic mass is 35.5. The smallest absolute Gasteiger partial charge is 0.279 e. The van der Waals surface area contributed by atoms with Crippen molar-refractivity contribution in [2.24, 2.45) is 4.99 Å². The first-order valence-electron chi connectivity index (χ1n) is 6.76. The van der Waals surface area contributed by atoms with Crippen LogP contribution >= 0.6 is 22.9 Å². The van der Waals surface area contributed by atoms with E-state index >= 15 is 0 Å². The van der Waals surface area contributed by atoms with Crippen molar-refractivity contribution in [2.45, 2.75) is 26.2 Å². The first-order valence-corrected chi connectivity index (χ1v) is 7.96. The fourth-order valence-electron chi connectivity index (χ4n) is 2.04. The summed E-state index contributed by atoms with van der Waals surface area (Å²) < 4.78 is 6.90. The summed E-state index contributed by atoms with van der Waals surface area (Å²) >= 11 is 7.53. The largest absolute Gasteiger partial charge is 0.429 e. The molecule has 0 saturated carbocycles. The minimum absolute atomic E-state index is 0.127. The third-order valence-electron chi connectivity index (χ3n) is 3.23. The average Bonchev–Trinajstić information content (AvgIpc) is 2.78. The number of halogens is 1. The maximum atomic E-state index is 5.97. The van der Waals surface area contributed by atoms with Crippen LogP contribution in [0.3, 0.4) is 0 Å². The van der Waals surface area contributed by atoms with E-state index in [0.717, 1.165) is 16.0 Å². The zero-order chi connectivity index (χ0) is 15.0. The van der Waals surface area contributed by atoms with Gasteiger partial charge in [-0.25, -0.2) is 4.99 Å². The Hall–Kier alpha value is -1.58. The van der Waals surface area contributed by atoms with Crippen LogP contribution < -0.4 is 4.87 Å². The molecule has 0 radical (unpaired) electrons. The van der Waals surface area contributed by atoms with Gasteiger partial charge in [-0.15, -0.1) is 0 Å². The molecule has 3 aromatic rings. The number of hydrogen-bond donors (Lipinski definition) is 0. The van der Waals surface area contributed by atoms with Gasteiger partial charge in [0.25, 0.3) is 4.87 Å². The van der Waals surface area contributed by atoms with Crippen molar-refractivity contribution < 1.29 is 4.42 Å². The van der Waals surface area contributed by atoms with Gasteiger partial charge in [-0.1, -0.05) is 55.8 Å². The van der Waals surface area contributed by atoms with Crippen LogP contribution in [-0.2, 0) is 5.41 Å². The van der Waals surface area contributed by atoms with Crippen molar-refractivity contribution in [3.63, 3.8) is 0 Å². The normalized spacial score (nSPS) is 13.0. The van der Waals surface area contributed by atoms with Gasteiger partial charge in [0.1, 0.15) is 5.58 Å². The lowest BCUT2D eigenvalue weighted by atomic mass is 9.87. The molecule has 2 nitrogen and oxygen atoms in total. The Labute approximate surface area is 132 Å². The fraction of sp³-hybridized carbons (Fsp3) is 0.235. The molecule has 0 saturated heterocycles. The molecule has 0 aliphatic carbocycles. The number of rotatable bonds is 1. The Morgan fingerprint density at radius 1 is 1.10 bits per heavy atom. The zero-order valence-corrected chi connectivity index (χ0v) is 13.8. The maximum absolute atomic E-state index is 5.97. The average molecular weight is 318 g/mol. The Bertz CT molecular complexity index is 855. The minimum atomic E-state index is 0.127. The number of fused-ring (bicyclic) bond motifs is 1. The molecule has 0 amide bonds. The summed E-state index contributed by atoms with van der Waals surface area (Å²) in [5.74, 6) is 0. The van der Waals surface area contributed by atoms with E-state index in [2.05, 4.69) is 37.9 Å². The van der Waals surface area contributed by atoms with Gasteiger partial charge < -0.3 is 4.42 Å². The van der Waals surface area contributed by atoms with Gasteiger partial charge in [-0.3, -0.25) is 0 Å². The highest BCUT2D eigenvalue weighted by Crippen LogP contribution is 2.27. The second-order valence-electron chi connectivity index (χ2n) is 5.97. The molecule has 108 valence electrons. The van der Waals surface area contributed by atoms with Gasteiger partial charge in [-0.2, -0.15) is 0 Å². The summed E-state index contributed by atoms with van der Waals surface area (Å²) in [5.41, 5.74) is 3.09. The highest BCUT2D eigenvalue weighted by Gasteiger charge is 2.14. The number of benzene rings is 2. The Kier molecular flexibility index (Phi) is 3.64. The van der Waals surface area contributed by atoms with Crippen molar-refractivity contribution in [1.29, 1.82) is 0 Å². The van der Waals surface area contributed by atoms with Crippen LogP contribution in [0.2, 0.25) is 5.02 Å². The van der Waals surface area contributed by atoms with E-state index < -0.39 is 0 Å². The molecule has 0 bridgehead atoms. The summed E-state index contributed by atoms with van der Waals surface area (Å²) in [6.07, 6.45) is 0. The van der Waals surface area contributed by atoms with Crippen molar-refractivity contribution >= 4 is 38.9 Å². The van der Waals surface area contributed by atoms with E-state index in [-0.39, 0.29) is 5.41 Å². The topological polar surface area (TPSA) is 25.5 Å². The molecule has 4 heteroatoms. The molecular formula is C17H16ClNOS. The Morgan fingerprint density at radius 2 is 1.90 bits per heavy atom. The lowest BCUT2D eigenvalue weighted by Gasteiger charge is -2.18. The third-order valence-corrected chi connectivity index (χ3v) is 4.36. The molecule has 0 unspecified atom stereocenters. The summed E-state index contributed by atoms with van der Waals surface area (Å²) in [5, 5.41) is 0.673. The lowest BCUT2D eigenvalue weighted by Crippen LogP contribution is -2.10. The van der Waals surface area contributed by atoms with E-state index in [4.69, 9.17) is 16.0 Å². The summed E-state index contributed by atoms with van der Waals surface area (Å²) in [6, 6.07) is 13.8. The lowest BCUT2D eigenvalue weighted by molar-refractivity contribution is 0.568. The van der Waals surface area contributed by atoms with Gasteiger partial charge in [0, 0.05) is 5.02 Å². The molecule has 1 aromatic heterocycles. The van der Waals surface area contributed by atoms with Crippen LogP contribution in [0.25, 0.3) is 10.3 Å². The van der Waals surface area contributed by atoms with Gasteiger partial charge in [-0.05, 0) is 41.3 Å². The second kappa shape index (κ2) is 5.32. The van der Waals surface area contributed by atoms with Crippen LogP contribution in [-0.4, -0.2) is 0 Å². The first kappa shape index (κ1) is 14.4. The van der Waals surface area contributed by atoms with Crippen molar-refractivity contribution in [1.82, 2.24) is 0 Å². The molecule has 3 rings (SSSR count). The highest BCUT2D eigenvalue weighted by molar-refractivity contribution is 7.16. The van der Waals surface area contributed by atoms with E-state index in [1.807, 2.05) is 30.3 Å². The van der Waals surface area contributed by atoms with Crippen molar-refractivity contribution in [2.75, 3.05) is 0 Å². The molecule has 0 aliphatic rings. The molecule has 0 fully saturated rings. The van der Waals surface area contributed by atoms with Crippen molar-refractivity contribution in [3.8, 4) is 0 Å². The third kappa shape index (κ3) is 3.20. The zero-order valence-electron chi connectivity index (χ0n) is 12.2. The molecular weight excluding hydrogens is 302 g/mol. The van der Waals surface area contributed by atoms with Gasteiger partial charge in [0.15, 0.2) is 0 Å². The maximum Gasteiger partial charge on any atom is 0.279 e. The Balaban J connectivity index is 2.09.